The van der Waals surface area contributed by atoms with Gasteiger partial charge in [0.2, 0.25) is 5.89 Å². The molecule has 0 aliphatic heterocycles. The minimum atomic E-state index is 0.381. The van der Waals surface area contributed by atoms with Crippen LogP contribution in [-0.2, 0) is 6.54 Å². The molecule has 0 bridgehead atoms. The second-order valence-electron chi connectivity index (χ2n) is 4.37. The summed E-state index contributed by atoms with van der Waals surface area (Å²) in [6, 6.07) is 0.911. The van der Waals surface area contributed by atoms with Gasteiger partial charge in [0, 0.05) is 6.04 Å². The van der Waals surface area contributed by atoms with E-state index in [2.05, 4.69) is 41.6 Å². The highest BCUT2D eigenvalue weighted by Crippen LogP contribution is 2.10. The lowest BCUT2D eigenvalue weighted by molar-refractivity contribution is 0.471. The summed E-state index contributed by atoms with van der Waals surface area (Å²) in [6.07, 6.45) is 4.66. The molecule has 0 amide bonds. The molecule has 0 saturated heterocycles. The van der Waals surface area contributed by atoms with Crippen LogP contribution in [0.15, 0.2) is 4.42 Å². The van der Waals surface area contributed by atoms with Crippen molar-refractivity contribution >= 4 is 6.01 Å². The van der Waals surface area contributed by atoms with E-state index in [1.807, 2.05) is 0 Å². The van der Waals surface area contributed by atoms with Crippen molar-refractivity contribution in [1.29, 1.82) is 0 Å². The molecule has 0 aliphatic rings. The largest absolute Gasteiger partial charge is 0.407 e. The Morgan fingerprint density at radius 2 is 2.06 bits per heavy atom. The van der Waals surface area contributed by atoms with Crippen molar-refractivity contribution in [1.82, 2.24) is 15.5 Å². The van der Waals surface area contributed by atoms with Crippen molar-refractivity contribution in [2.75, 3.05) is 11.9 Å². The molecule has 1 atom stereocenters. The van der Waals surface area contributed by atoms with Gasteiger partial charge >= 0.3 is 6.01 Å². The molecular formula is C12H24N4O. The van der Waals surface area contributed by atoms with Crippen LogP contribution in [0, 0.1) is 0 Å². The molecule has 0 aliphatic carbocycles. The number of aromatic nitrogens is 2. The van der Waals surface area contributed by atoms with E-state index in [-0.39, 0.29) is 0 Å². The first-order valence-electron chi connectivity index (χ1n) is 6.55. The first-order chi connectivity index (χ1) is 8.26. The number of hydrogen-bond donors (Lipinski definition) is 2. The van der Waals surface area contributed by atoms with Gasteiger partial charge in [-0.1, -0.05) is 31.8 Å². The lowest BCUT2D eigenvalue weighted by Gasteiger charge is -2.10. The van der Waals surface area contributed by atoms with E-state index in [9.17, 15) is 0 Å². The van der Waals surface area contributed by atoms with E-state index in [0.717, 1.165) is 19.4 Å². The molecule has 2 N–H and O–H groups in total. The van der Waals surface area contributed by atoms with Crippen molar-refractivity contribution < 1.29 is 4.42 Å². The third-order valence-electron chi connectivity index (χ3n) is 2.53. The molecule has 1 heterocycles. The SMILES string of the molecule is CCCCC(C)Nc1nnc(CNCCC)o1. The molecule has 0 spiro atoms. The van der Waals surface area contributed by atoms with Crippen molar-refractivity contribution in [3.63, 3.8) is 0 Å². The van der Waals surface area contributed by atoms with Crippen LogP contribution >= 0.6 is 0 Å². The fraction of sp³-hybridized carbons (Fsp3) is 0.833. The number of nitrogens with zero attached hydrogens (tertiary/aromatic N) is 2. The van der Waals surface area contributed by atoms with Gasteiger partial charge in [0.25, 0.3) is 0 Å². The second-order valence-corrected chi connectivity index (χ2v) is 4.37. The first-order valence-corrected chi connectivity index (χ1v) is 6.55. The molecule has 98 valence electrons. The molecule has 17 heavy (non-hydrogen) atoms. The molecule has 0 aromatic carbocycles. The zero-order chi connectivity index (χ0) is 12.5. The summed E-state index contributed by atoms with van der Waals surface area (Å²) in [5.74, 6) is 0.642. The van der Waals surface area contributed by atoms with Crippen LogP contribution in [0.5, 0.6) is 0 Å². The molecule has 5 heteroatoms. The zero-order valence-corrected chi connectivity index (χ0v) is 11.1. The lowest BCUT2D eigenvalue weighted by atomic mass is 10.1. The van der Waals surface area contributed by atoms with E-state index < -0.39 is 0 Å². The maximum atomic E-state index is 5.49. The third kappa shape index (κ3) is 5.68. The van der Waals surface area contributed by atoms with Gasteiger partial charge in [-0.15, -0.1) is 5.10 Å². The average Bonchev–Trinajstić information content (AvgIpc) is 2.74. The number of anilines is 1. The van der Waals surface area contributed by atoms with E-state index in [1.165, 1.54) is 12.8 Å². The number of unbranched alkanes of at least 4 members (excludes halogenated alkanes) is 1. The summed E-state index contributed by atoms with van der Waals surface area (Å²) in [5, 5.41) is 14.4. The highest BCUT2D eigenvalue weighted by molar-refractivity contribution is 5.18. The zero-order valence-electron chi connectivity index (χ0n) is 11.1. The van der Waals surface area contributed by atoms with Gasteiger partial charge in [-0.3, -0.25) is 0 Å². The summed E-state index contributed by atoms with van der Waals surface area (Å²) in [4.78, 5) is 0. The minimum absolute atomic E-state index is 0.381. The van der Waals surface area contributed by atoms with Crippen LogP contribution in [-0.4, -0.2) is 22.8 Å². The molecule has 5 nitrogen and oxygen atoms in total. The Kier molecular flexibility index (Phi) is 6.62. The summed E-state index contributed by atoms with van der Waals surface area (Å²) < 4.78 is 5.49. The topological polar surface area (TPSA) is 63.0 Å². The standard InChI is InChI=1S/C12H24N4O/c1-4-6-7-10(3)14-12-16-15-11(17-12)9-13-8-5-2/h10,13H,4-9H2,1-3H3,(H,14,16). The maximum Gasteiger partial charge on any atom is 0.315 e. The van der Waals surface area contributed by atoms with Crippen LogP contribution in [0.2, 0.25) is 0 Å². The Morgan fingerprint density at radius 3 is 2.76 bits per heavy atom. The fourth-order valence-electron chi connectivity index (χ4n) is 1.55. The summed E-state index contributed by atoms with van der Waals surface area (Å²) >= 11 is 0. The van der Waals surface area contributed by atoms with Crippen LogP contribution < -0.4 is 10.6 Å². The summed E-state index contributed by atoms with van der Waals surface area (Å²) in [7, 11) is 0. The van der Waals surface area contributed by atoms with E-state index >= 15 is 0 Å². The third-order valence-corrected chi connectivity index (χ3v) is 2.53. The van der Waals surface area contributed by atoms with Gasteiger partial charge < -0.3 is 15.1 Å². The van der Waals surface area contributed by atoms with E-state index in [4.69, 9.17) is 4.42 Å². The van der Waals surface area contributed by atoms with Crippen LogP contribution in [0.3, 0.4) is 0 Å². The highest BCUT2D eigenvalue weighted by atomic mass is 16.4. The molecule has 0 saturated carbocycles. The van der Waals surface area contributed by atoms with E-state index in [1.54, 1.807) is 0 Å². The monoisotopic (exact) mass is 240 g/mol. The minimum Gasteiger partial charge on any atom is -0.407 e. The summed E-state index contributed by atoms with van der Waals surface area (Å²) in [5.41, 5.74) is 0. The lowest BCUT2D eigenvalue weighted by Crippen LogP contribution is -2.15. The van der Waals surface area contributed by atoms with Crippen molar-refractivity contribution in [2.24, 2.45) is 0 Å². The van der Waals surface area contributed by atoms with E-state index in [0.29, 0.717) is 24.5 Å². The first kappa shape index (κ1) is 14.0. The molecule has 1 aromatic rings. The normalized spacial score (nSPS) is 12.6. The van der Waals surface area contributed by atoms with Gasteiger partial charge in [-0.05, 0) is 26.3 Å². The maximum absolute atomic E-state index is 5.49. The number of nitrogens with one attached hydrogen (secondary N) is 2. The van der Waals surface area contributed by atoms with Gasteiger partial charge in [0.15, 0.2) is 0 Å². The summed E-state index contributed by atoms with van der Waals surface area (Å²) in [6.45, 7) is 8.07. The molecule has 1 rings (SSSR count). The van der Waals surface area contributed by atoms with Gasteiger partial charge in [0.05, 0.1) is 6.54 Å². The van der Waals surface area contributed by atoms with Crippen LogP contribution in [0.25, 0.3) is 0 Å². The second kappa shape index (κ2) is 8.06. The molecule has 0 radical (unpaired) electrons. The Morgan fingerprint density at radius 1 is 1.24 bits per heavy atom. The van der Waals surface area contributed by atoms with Gasteiger partial charge in [-0.25, -0.2) is 0 Å². The van der Waals surface area contributed by atoms with Crippen molar-refractivity contribution in [2.45, 2.75) is 59.0 Å². The van der Waals surface area contributed by atoms with Gasteiger partial charge in [0.1, 0.15) is 0 Å². The van der Waals surface area contributed by atoms with Crippen LogP contribution in [0.4, 0.5) is 6.01 Å². The Bertz CT molecular complexity index is 300. The molecule has 1 unspecified atom stereocenters. The predicted octanol–water partition coefficient (Wildman–Crippen LogP) is 2.56. The van der Waals surface area contributed by atoms with Gasteiger partial charge in [-0.2, -0.15) is 0 Å². The average molecular weight is 240 g/mol. The number of hydrogen-bond acceptors (Lipinski definition) is 5. The van der Waals surface area contributed by atoms with Crippen molar-refractivity contribution in [3.05, 3.63) is 5.89 Å². The molecule has 0 fully saturated rings. The Labute approximate surface area is 103 Å². The molecular weight excluding hydrogens is 216 g/mol. The Balaban J connectivity index is 2.29. The highest BCUT2D eigenvalue weighted by Gasteiger charge is 2.08. The Hall–Kier alpha value is -1.10. The van der Waals surface area contributed by atoms with Crippen molar-refractivity contribution in [3.8, 4) is 0 Å². The van der Waals surface area contributed by atoms with Crippen LogP contribution in [0.1, 0.15) is 52.3 Å². The quantitative estimate of drug-likeness (QED) is 0.649. The number of rotatable bonds is 9. The smallest absolute Gasteiger partial charge is 0.315 e. The fourth-order valence-corrected chi connectivity index (χ4v) is 1.55. The predicted molar refractivity (Wildman–Crippen MR) is 68.9 cm³/mol. The molecule has 1 aromatic heterocycles.